The fourth-order valence-electron chi connectivity index (χ4n) is 3.27. The molecule has 0 radical (unpaired) electrons. The summed E-state index contributed by atoms with van der Waals surface area (Å²) < 4.78 is 32.8. The summed E-state index contributed by atoms with van der Waals surface area (Å²) in [6.07, 6.45) is 0. The van der Waals surface area contributed by atoms with Crippen molar-refractivity contribution >= 4 is 23.7 Å². The number of ether oxygens (including phenoxy) is 1. The normalized spacial score (nSPS) is 16.3. The van der Waals surface area contributed by atoms with E-state index in [-0.39, 0.29) is 34.7 Å². The minimum Gasteiger partial charge on any atom is -0.545 e. The number of aromatic carboxylic acids is 1. The molecule has 2 amide bonds. The van der Waals surface area contributed by atoms with Crippen LogP contribution in [0, 0.1) is 11.6 Å². The average molecular weight is 415 g/mol. The Morgan fingerprint density at radius 2 is 1.93 bits per heavy atom. The number of allylic oxidation sites excluding steroid dienone is 1. The van der Waals surface area contributed by atoms with Crippen LogP contribution in [-0.2, 0) is 9.53 Å². The van der Waals surface area contributed by atoms with E-state index < -0.39 is 35.6 Å². The summed E-state index contributed by atoms with van der Waals surface area (Å²) in [6.45, 7) is 3.07. The number of anilines is 1. The van der Waals surface area contributed by atoms with Crippen molar-refractivity contribution in [2.45, 2.75) is 19.9 Å². The van der Waals surface area contributed by atoms with Crippen LogP contribution >= 0.6 is 0 Å². The summed E-state index contributed by atoms with van der Waals surface area (Å²) in [5.41, 5.74) is -0.0819. The molecule has 0 spiro atoms. The molecule has 1 N–H and O–H groups in total. The van der Waals surface area contributed by atoms with Gasteiger partial charge in [0.1, 0.15) is 11.6 Å². The van der Waals surface area contributed by atoms with Crippen molar-refractivity contribution in [3.63, 3.8) is 0 Å². The molecule has 1 aliphatic heterocycles. The Kier molecular flexibility index (Phi) is 5.81. The molecule has 0 saturated carbocycles. The molecule has 0 aliphatic carbocycles. The van der Waals surface area contributed by atoms with Gasteiger partial charge >= 0.3 is 12.0 Å². The highest BCUT2D eigenvalue weighted by atomic mass is 19.1. The van der Waals surface area contributed by atoms with Crippen molar-refractivity contribution in [1.29, 1.82) is 0 Å². The second-order valence-electron chi connectivity index (χ2n) is 6.44. The molecule has 0 bridgehead atoms. The van der Waals surface area contributed by atoms with Crippen LogP contribution in [0.4, 0.5) is 19.3 Å². The van der Waals surface area contributed by atoms with E-state index >= 15 is 0 Å². The zero-order valence-corrected chi connectivity index (χ0v) is 16.1. The fraction of sp³-hybridized carbons (Fsp3) is 0.190. The molecule has 1 atom stereocenters. The van der Waals surface area contributed by atoms with E-state index in [4.69, 9.17) is 4.74 Å². The van der Waals surface area contributed by atoms with Crippen molar-refractivity contribution in [3.8, 4) is 0 Å². The second-order valence-corrected chi connectivity index (χ2v) is 6.44. The summed E-state index contributed by atoms with van der Waals surface area (Å²) in [7, 11) is 0. The van der Waals surface area contributed by atoms with E-state index in [0.717, 1.165) is 17.0 Å². The van der Waals surface area contributed by atoms with Gasteiger partial charge in [-0.1, -0.05) is 18.2 Å². The number of nitrogens with one attached hydrogen (secondary N) is 1. The molecule has 0 saturated heterocycles. The molecule has 1 heterocycles. The highest BCUT2D eigenvalue weighted by molar-refractivity contribution is 6.03. The number of nitrogens with zero attached hydrogens (tertiary/aromatic N) is 1. The predicted molar refractivity (Wildman–Crippen MR) is 100 cm³/mol. The summed E-state index contributed by atoms with van der Waals surface area (Å²) in [5, 5.41) is 13.7. The number of rotatable bonds is 5. The maximum atomic E-state index is 14.4. The number of carboxylic acid groups (broad SMARTS) is 1. The number of carboxylic acids is 1. The zero-order chi connectivity index (χ0) is 22.0. The molecule has 0 unspecified atom stereocenters. The minimum absolute atomic E-state index is 0.0301. The van der Waals surface area contributed by atoms with Gasteiger partial charge in [0, 0.05) is 17.3 Å². The van der Waals surface area contributed by atoms with Gasteiger partial charge < -0.3 is 20.0 Å². The van der Waals surface area contributed by atoms with E-state index in [2.05, 4.69) is 5.32 Å². The van der Waals surface area contributed by atoms with Crippen LogP contribution in [0.25, 0.3) is 0 Å². The highest BCUT2D eigenvalue weighted by Crippen LogP contribution is 2.35. The zero-order valence-electron chi connectivity index (χ0n) is 16.1. The van der Waals surface area contributed by atoms with E-state index in [1.807, 2.05) is 0 Å². The third-order valence-corrected chi connectivity index (χ3v) is 4.59. The number of urea groups is 1. The van der Waals surface area contributed by atoms with Crippen LogP contribution in [0.2, 0.25) is 0 Å². The van der Waals surface area contributed by atoms with Gasteiger partial charge in [-0.25, -0.2) is 18.4 Å². The maximum Gasteiger partial charge on any atom is 0.338 e. The van der Waals surface area contributed by atoms with E-state index in [1.54, 1.807) is 6.92 Å². The highest BCUT2D eigenvalue weighted by Gasteiger charge is 2.38. The molecular weight excluding hydrogens is 398 g/mol. The average Bonchev–Trinajstić information content (AvgIpc) is 2.68. The molecule has 9 heteroatoms. The number of carbonyl (C=O) groups is 3. The number of carbonyl (C=O) groups excluding carboxylic acids is 3. The van der Waals surface area contributed by atoms with Crippen LogP contribution in [-0.4, -0.2) is 24.6 Å². The number of amides is 2. The first-order chi connectivity index (χ1) is 14.2. The molecular formula is C21H17F2N2O5-. The van der Waals surface area contributed by atoms with Gasteiger partial charge in [0.2, 0.25) is 0 Å². The Morgan fingerprint density at radius 3 is 2.57 bits per heavy atom. The van der Waals surface area contributed by atoms with Crippen molar-refractivity contribution < 1.29 is 33.0 Å². The molecule has 0 fully saturated rings. The SMILES string of the molecule is CCOC(=O)C1=C(C)N(c2cccc(C(=O)[O-])c2)C(=O)N[C@H]1c1ccc(F)cc1F. The number of esters is 1. The molecule has 1 aliphatic rings. The van der Waals surface area contributed by atoms with Crippen LogP contribution in [0.3, 0.4) is 0 Å². The van der Waals surface area contributed by atoms with Gasteiger partial charge in [0.05, 0.1) is 29.9 Å². The van der Waals surface area contributed by atoms with Crippen LogP contribution in [0.15, 0.2) is 53.7 Å². The van der Waals surface area contributed by atoms with Gasteiger partial charge in [-0.05, 0) is 37.6 Å². The largest absolute Gasteiger partial charge is 0.545 e. The lowest BCUT2D eigenvalue weighted by atomic mass is 9.94. The molecule has 30 heavy (non-hydrogen) atoms. The van der Waals surface area contributed by atoms with Gasteiger partial charge in [-0.3, -0.25) is 4.90 Å². The molecule has 3 rings (SSSR count). The van der Waals surface area contributed by atoms with Crippen LogP contribution in [0.1, 0.15) is 35.8 Å². The summed E-state index contributed by atoms with van der Waals surface area (Å²) in [5.74, 6) is -3.99. The first kappa shape index (κ1) is 21.0. The molecule has 2 aromatic carbocycles. The number of hydrogen-bond acceptors (Lipinski definition) is 5. The van der Waals surface area contributed by atoms with Crippen molar-refractivity contribution in [1.82, 2.24) is 5.32 Å². The van der Waals surface area contributed by atoms with E-state index in [0.29, 0.717) is 6.07 Å². The topological polar surface area (TPSA) is 98.8 Å². The lowest BCUT2D eigenvalue weighted by Crippen LogP contribution is -2.48. The number of halogens is 2. The Bertz CT molecular complexity index is 1070. The quantitative estimate of drug-likeness (QED) is 0.757. The van der Waals surface area contributed by atoms with Crippen molar-refractivity contribution in [3.05, 3.63) is 76.5 Å². The fourth-order valence-corrected chi connectivity index (χ4v) is 3.27. The van der Waals surface area contributed by atoms with Gasteiger partial charge in [0.25, 0.3) is 0 Å². The summed E-state index contributed by atoms with van der Waals surface area (Å²) in [4.78, 5) is 37.8. The monoisotopic (exact) mass is 415 g/mol. The summed E-state index contributed by atoms with van der Waals surface area (Å²) in [6, 6.07) is 6.22. The van der Waals surface area contributed by atoms with Crippen LogP contribution < -0.4 is 15.3 Å². The van der Waals surface area contributed by atoms with Gasteiger partial charge in [-0.15, -0.1) is 0 Å². The third kappa shape index (κ3) is 3.86. The van der Waals surface area contributed by atoms with Gasteiger partial charge in [-0.2, -0.15) is 0 Å². The standard InChI is InChI=1S/C21H18F2N2O5/c1-3-30-20(28)17-11(2)25(14-6-4-5-12(9-14)19(26)27)21(29)24-18(17)15-8-7-13(22)10-16(15)23/h4-10,18H,3H2,1-2H3,(H,24,29)(H,26,27)/p-1/t18-/m0/s1. The van der Waals surface area contributed by atoms with Crippen molar-refractivity contribution in [2.24, 2.45) is 0 Å². The van der Waals surface area contributed by atoms with Crippen molar-refractivity contribution in [2.75, 3.05) is 11.5 Å². The smallest absolute Gasteiger partial charge is 0.338 e. The molecule has 2 aromatic rings. The molecule has 0 aromatic heterocycles. The second kappa shape index (κ2) is 8.32. The first-order valence-corrected chi connectivity index (χ1v) is 8.99. The lowest BCUT2D eigenvalue weighted by molar-refractivity contribution is -0.255. The van der Waals surface area contributed by atoms with E-state index in [9.17, 15) is 28.3 Å². The Morgan fingerprint density at radius 1 is 1.20 bits per heavy atom. The Balaban J connectivity index is 2.17. The number of benzene rings is 2. The Hall–Kier alpha value is -3.75. The third-order valence-electron chi connectivity index (χ3n) is 4.59. The first-order valence-electron chi connectivity index (χ1n) is 8.99. The maximum absolute atomic E-state index is 14.4. The van der Waals surface area contributed by atoms with E-state index in [1.165, 1.54) is 31.2 Å². The number of hydrogen-bond donors (Lipinski definition) is 1. The van der Waals surface area contributed by atoms with Crippen LogP contribution in [0.5, 0.6) is 0 Å². The lowest BCUT2D eigenvalue weighted by Gasteiger charge is -2.35. The molecule has 7 nitrogen and oxygen atoms in total. The molecule has 156 valence electrons. The summed E-state index contributed by atoms with van der Waals surface area (Å²) >= 11 is 0. The minimum atomic E-state index is -1.44. The Labute approximate surface area is 170 Å². The predicted octanol–water partition coefficient (Wildman–Crippen LogP) is 2.44. The van der Waals surface area contributed by atoms with Gasteiger partial charge in [0.15, 0.2) is 0 Å².